The van der Waals surface area contributed by atoms with E-state index >= 15 is 0 Å². The van der Waals surface area contributed by atoms with Crippen LogP contribution in [0, 0.1) is 0 Å². The van der Waals surface area contributed by atoms with Gasteiger partial charge in [-0.2, -0.15) is 4.98 Å². The number of nitrogens with zero attached hydrogens (tertiary/aromatic N) is 2. The zero-order valence-corrected chi connectivity index (χ0v) is 13.4. The summed E-state index contributed by atoms with van der Waals surface area (Å²) in [7, 11) is 0. The molecule has 2 heterocycles. The van der Waals surface area contributed by atoms with Crippen LogP contribution in [0.5, 0.6) is 0 Å². The largest absolute Gasteiger partial charge is 0.364 e. The van der Waals surface area contributed by atoms with Gasteiger partial charge < -0.3 is 5.32 Å². The van der Waals surface area contributed by atoms with Crippen LogP contribution in [0.2, 0.25) is 0 Å². The molecule has 2 rings (SSSR count). The minimum Gasteiger partial charge on any atom is -0.364 e. The molecule has 5 nitrogen and oxygen atoms in total. The van der Waals surface area contributed by atoms with E-state index in [1.54, 1.807) is 11.3 Å². The summed E-state index contributed by atoms with van der Waals surface area (Å²) >= 11 is 1.70. The van der Waals surface area contributed by atoms with Gasteiger partial charge in [0.05, 0.1) is 5.39 Å². The van der Waals surface area contributed by atoms with Gasteiger partial charge in [0.2, 0.25) is 5.95 Å². The van der Waals surface area contributed by atoms with Crippen molar-refractivity contribution in [3.63, 3.8) is 0 Å². The standard InChI is InChI=1S/C14H23N5S/c1-5-9-8-10-11(18-14(4,6-2)7-3)16-13(19-15)17-12(10)20-9/h8H,5-7,15H2,1-4H3,(H2,16,17,18,19). The number of fused-ring (bicyclic) bond motifs is 1. The molecule has 0 radical (unpaired) electrons. The molecule has 0 spiro atoms. The molecule has 0 aromatic carbocycles. The van der Waals surface area contributed by atoms with Crippen LogP contribution in [-0.4, -0.2) is 15.5 Å². The predicted molar refractivity (Wildman–Crippen MR) is 87.2 cm³/mol. The highest BCUT2D eigenvalue weighted by atomic mass is 32.1. The highest BCUT2D eigenvalue weighted by molar-refractivity contribution is 7.18. The molecule has 0 saturated carbocycles. The molecular weight excluding hydrogens is 270 g/mol. The number of nitrogens with one attached hydrogen (secondary N) is 2. The minimum absolute atomic E-state index is 0.0292. The summed E-state index contributed by atoms with van der Waals surface area (Å²) in [6.07, 6.45) is 3.07. The van der Waals surface area contributed by atoms with E-state index in [1.807, 2.05) is 0 Å². The monoisotopic (exact) mass is 293 g/mol. The normalized spacial score (nSPS) is 11.8. The molecule has 6 heteroatoms. The van der Waals surface area contributed by atoms with Crippen molar-refractivity contribution in [2.24, 2.45) is 5.84 Å². The van der Waals surface area contributed by atoms with E-state index in [2.05, 4.69) is 54.5 Å². The molecule has 0 saturated heterocycles. The summed E-state index contributed by atoms with van der Waals surface area (Å²) in [4.78, 5) is 11.2. The molecule has 110 valence electrons. The van der Waals surface area contributed by atoms with Crippen molar-refractivity contribution in [1.29, 1.82) is 0 Å². The number of nitrogen functional groups attached to an aromatic ring is 1. The first-order chi connectivity index (χ1) is 9.55. The van der Waals surface area contributed by atoms with Crippen molar-refractivity contribution < 1.29 is 0 Å². The van der Waals surface area contributed by atoms with Crippen molar-refractivity contribution in [2.75, 3.05) is 10.7 Å². The summed E-state index contributed by atoms with van der Waals surface area (Å²) in [6, 6.07) is 2.17. The molecular formula is C14H23N5S. The van der Waals surface area contributed by atoms with E-state index in [9.17, 15) is 0 Å². The van der Waals surface area contributed by atoms with Gasteiger partial charge in [-0.05, 0) is 32.3 Å². The molecule has 20 heavy (non-hydrogen) atoms. The maximum atomic E-state index is 5.48. The third-order valence-electron chi connectivity index (χ3n) is 3.90. The Morgan fingerprint density at radius 3 is 2.50 bits per heavy atom. The number of hydrazine groups is 1. The van der Waals surface area contributed by atoms with E-state index in [0.29, 0.717) is 5.95 Å². The highest BCUT2D eigenvalue weighted by Crippen LogP contribution is 2.32. The van der Waals surface area contributed by atoms with E-state index in [0.717, 1.165) is 35.3 Å². The Balaban J connectivity index is 2.52. The van der Waals surface area contributed by atoms with Crippen LogP contribution in [-0.2, 0) is 6.42 Å². The summed E-state index contributed by atoms with van der Waals surface area (Å²) in [5.74, 6) is 6.80. The fourth-order valence-electron chi connectivity index (χ4n) is 2.02. The number of nitrogens with two attached hydrogens (primary N) is 1. The second-order valence-corrected chi connectivity index (χ2v) is 6.33. The molecule has 2 aromatic rings. The number of thiophene rings is 1. The van der Waals surface area contributed by atoms with Crippen LogP contribution < -0.4 is 16.6 Å². The molecule has 0 atom stereocenters. The Bertz CT molecular complexity index is 589. The van der Waals surface area contributed by atoms with Crippen LogP contribution >= 0.6 is 11.3 Å². The maximum absolute atomic E-state index is 5.48. The van der Waals surface area contributed by atoms with Crippen molar-refractivity contribution in [1.82, 2.24) is 9.97 Å². The molecule has 0 fully saturated rings. The van der Waals surface area contributed by atoms with Gasteiger partial charge in [0.1, 0.15) is 10.6 Å². The Kier molecular flexibility index (Phi) is 4.45. The third kappa shape index (κ3) is 2.86. The Hall–Kier alpha value is -1.40. The fraction of sp³-hybridized carbons (Fsp3) is 0.571. The minimum atomic E-state index is 0.0292. The smallest absolute Gasteiger partial charge is 0.240 e. The van der Waals surface area contributed by atoms with Crippen LogP contribution in [0.3, 0.4) is 0 Å². The Morgan fingerprint density at radius 1 is 1.25 bits per heavy atom. The van der Waals surface area contributed by atoms with E-state index in [1.165, 1.54) is 4.88 Å². The second kappa shape index (κ2) is 5.93. The predicted octanol–water partition coefficient (Wildman–Crippen LogP) is 3.53. The van der Waals surface area contributed by atoms with Crippen LogP contribution in [0.1, 0.15) is 45.4 Å². The van der Waals surface area contributed by atoms with Gasteiger partial charge in [-0.1, -0.05) is 20.8 Å². The van der Waals surface area contributed by atoms with Gasteiger partial charge in [0, 0.05) is 10.4 Å². The number of aromatic nitrogens is 2. The third-order valence-corrected chi connectivity index (χ3v) is 5.08. The van der Waals surface area contributed by atoms with Crippen molar-refractivity contribution >= 4 is 33.3 Å². The van der Waals surface area contributed by atoms with Crippen molar-refractivity contribution in [2.45, 2.75) is 52.5 Å². The molecule has 0 aliphatic rings. The lowest BCUT2D eigenvalue weighted by molar-refractivity contribution is 0.477. The van der Waals surface area contributed by atoms with Gasteiger partial charge in [-0.25, -0.2) is 10.8 Å². The quantitative estimate of drug-likeness (QED) is 0.561. The van der Waals surface area contributed by atoms with Crippen molar-refractivity contribution in [3.8, 4) is 0 Å². The van der Waals surface area contributed by atoms with Gasteiger partial charge in [0.15, 0.2) is 0 Å². The first-order valence-corrected chi connectivity index (χ1v) is 7.92. The van der Waals surface area contributed by atoms with Crippen molar-refractivity contribution in [3.05, 3.63) is 10.9 Å². The zero-order chi connectivity index (χ0) is 14.8. The molecule has 0 aliphatic heterocycles. The zero-order valence-electron chi connectivity index (χ0n) is 12.6. The van der Waals surface area contributed by atoms with Gasteiger partial charge in [-0.15, -0.1) is 11.3 Å². The lowest BCUT2D eigenvalue weighted by Gasteiger charge is -2.29. The average Bonchev–Trinajstić information content (AvgIpc) is 2.90. The van der Waals surface area contributed by atoms with Gasteiger partial charge >= 0.3 is 0 Å². The molecule has 2 aromatic heterocycles. The lowest BCUT2D eigenvalue weighted by Crippen LogP contribution is -2.33. The Morgan fingerprint density at radius 2 is 1.95 bits per heavy atom. The maximum Gasteiger partial charge on any atom is 0.240 e. The van der Waals surface area contributed by atoms with Crippen LogP contribution in [0.25, 0.3) is 10.2 Å². The summed E-state index contributed by atoms with van der Waals surface area (Å²) in [5.41, 5.74) is 2.58. The molecule has 0 unspecified atom stereocenters. The molecule has 0 amide bonds. The van der Waals surface area contributed by atoms with E-state index in [-0.39, 0.29) is 5.54 Å². The van der Waals surface area contributed by atoms with Gasteiger partial charge in [-0.3, -0.25) is 5.43 Å². The second-order valence-electron chi connectivity index (χ2n) is 5.22. The Labute approximate surface area is 124 Å². The molecule has 0 aliphatic carbocycles. The fourth-order valence-corrected chi connectivity index (χ4v) is 2.99. The average molecular weight is 293 g/mol. The molecule has 0 bridgehead atoms. The molecule has 4 N–H and O–H groups in total. The van der Waals surface area contributed by atoms with Gasteiger partial charge in [0.25, 0.3) is 0 Å². The summed E-state index contributed by atoms with van der Waals surface area (Å²) in [5, 5.41) is 4.65. The lowest BCUT2D eigenvalue weighted by atomic mass is 9.95. The first kappa shape index (κ1) is 15.0. The summed E-state index contributed by atoms with van der Waals surface area (Å²) in [6.45, 7) is 8.73. The topological polar surface area (TPSA) is 75.9 Å². The summed E-state index contributed by atoms with van der Waals surface area (Å²) < 4.78 is 0. The number of hydrogen-bond donors (Lipinski definition) is 3. The first-order valence-electron chi connectivity index (χ1n) is 7.10. The van der Waals surface area contributed by atoms with Crippen LogP contribution in [0.4, 0.5) is 11.8 Å². The number of aryl methyl sites for hydroxylation is 1. The number of anilines is 2. The van der Waals surface area contributed by atoms with E-state index < -0.39 is 0 Å². The van der Waals surface area contributed by atoms with Crippen LogP contribution in [0.15, 0.2) is 6.07 Å². The highest BCUT2D eigenvalue weighted by Gasteiger charge is 2.22. The van der Waals surface area contributed by atoms with E-state index in [4.69, 9.17) is 5.84 Å². The number of rotatable bonds is 6. The number of hydrogen-bond acceptors (Lipinski definition) is 6. The SMILES string of the molecule is CCc1cc2c(NC(C)(CC)CC)nc(NN)nc2s1.